The minimum absolute atomic E-state index is 0.0415. The quantitative estimate of drug-likeness (QED) is 0.340. The van der Waals surface area contributed by atoms with Crippen LogP contribution in [-0.2, 0) is 4.79 Å². The van der Waals surface area contributed by atoms with E-state index in [-0.39, 0.29) is 16.8 Å². The Morgan fingerprint density at radius 2 is 2.00 bits per heavy atom. The van der Waals surface area contributed by atoms with Crippen molar-refractivity contribution in [3.05, 3.63) is 78.7 Å². The van der Waals surface area contributed by atoms with E-state index in [1.807, 2.05) is 0 Å². The maximum atomic E-state index is 12.0. The van der Waals surface area contributed by atoms with Crippen LogP contribution < -0.4 is 5.32 Å². The van der Waals surface area contributed by atoms with Gasteiger partial charge in [0, 0.05) is 27.7 Å². The minimum Gasteiger partial charge on any atom is -0.299 e. The molecule has 0 aromatic heterocycles. The molecule has 0 spiro atoms. The molecule has 0 unspecified atom stereocenters. The van der Waals surface area contributed by atoms with E-state index in [2.05, 4.69) is 15.5 Å². The zero-order valence-electron chi connectivity index (χ0n) is 13.4. The molecule has 1 amide bonds. The first kappa shape index (κ1) is 19.1. The first-order valence-electron chi connectivity index (χ1n) is 7.44. The van der Waals surface area contributed by atoms with Crippen LogP contribution in [0.25, 0.3) is 6.08 Å². The average molecular weight is 421 g/mol. The summed E-state index contributed by atoms with van der Waals surface area (Å²) in [5, 5.41) is 22.4. The number of halogens is 2. The van der Waals surface area contributed by atoms with E-state index in [0.29, 0.717) is 26.1 Å². The van der Waals surface area contributed by atoms with Gasteiger partial charge in [-0.25, -0.2) is 0 Å². The molecule has 0 aliphatic carbocycles. The van der Waals surface area contributed by atoms with Crippen LogP contribution in [0.2, 0.25) is 10.0 Å². The van der Waals surface area contributed by atoms with Crippen LogP contribution >= 0.6 is 35.0 Å². The molecule has 0 radical (unpaired) electrons. The Balaban J connectivity index is 1.74. The number of hydrogen-bond donors (Lipinski definition) is 1. The molecule has 27 heavy (non-hydrogen) atoms. The van der Waals surface area contributed by atoms with Gasteiger partial charge in [0.05, 0.1) is 16.0 Å². The average Bonchev–Trinajstić information content (AvgIpc) is 2.97. The van der Waals surface area contributed by atoms with Crippen LogP contribution in [0.1, 0.15) is 11.1 Å². The number of carbonyl (C=O) groups is 1. The van der Waals surface area contributed by atoms with Gasteiger partial charge in [0.15, 0.2) is 5.17 Å². The van der Waals surface area contributed by atoms with Crippen LogP contribution in [0.4, 0.5) is 5.69 Å². The number of amides is 1. The molecule has 136 valence electrons. The molecule has 1 heterocycles. The summed E-state index contributed by atoms with van der Waals surface area (Å²) < 4.78 is 0. The second-order valence-corrected chi connectivity index (χ2v) is 7.11. The van der Waals surface area contributed by atoms with Crippen molar-refractivity contribution in [1.82, 2.24) is 5.32 Å². The Bertz CT molecular complexity index is 1020. The van der Waals surface area contributed by atoms with E-state index < -0.39 is 4.92 Å². The van der Waals surface area contributed by atoms with E-state index in [9.17, 15) is 14.9 Å². The van der Waals surface area contributed by atoms with Crippen LogP contribution in [0.15, 0.2) is 57.6 Å². The number of thioether (sulfide) groups is 1. The number of hydrogen-bond acceptors (Lipinski definition) is 6. The number of nitrogens with zero attached hydrogens (tertiary/aromatic N) is 3. The maximum absolute atomic E-state index is 12.0. The number of nitro groups is 1. The molecule has 1 saturated heterocycles. The first-order chi connectivity index (χ1) is 12.9. The number of amidine groups is 1. The number of benzene rings is 2. The molecule has 0 saturated carbocycles. The molecular formula is C17H10Cl2N4O3S. The van der Waals surface area contributed by atoms with E-state index >= 15 is 0 Å². The molecule has 1 aliphatic heterocycles. The van der Waals surface area contributed by atoms with E-state index in [1.54, 1.807) is 36.4 Å². The van der Waals surface area contributed by atoms with Crippen molar-refractivity contribution in [3.8, 4) is 0 Å². The second kappa shape index (κ2) is 8.34. The van der Waals surface area contributed by atoms with Crippen LogP contribution in [0, 0.1) is 10.1 Å². The molecule has 7 nitrogen and oxygen atoms in total. The Labute approximate surface area is 167 Å². The highest BCUT2D eigenvalue weighted by molar-refractivity contribution is 8.18. The fourth-order valence-corrected chi connectivity index (χ4v) is 3.33. The standard InChI is InChI=1S/C17H10Cl2N4O3S/c18-12-5-4-11(14(19)8-12)7-15-16(24)21-17(27-15)22-20-9-10-2-1-3-13(6-10)23(25)26/h1-9H,(H,21,22,24)/b15-7-,20-9+. The summed E-state index contributed by atoms with van der Waals surface area (Å²) in [7, 11) is 0. The number of carbonyl (C=O) groups excluding carboxylic acids is 1. The van der Waals surface area contributed by atoms with Crippen molar-refractivity contribution in [2.75, 3.05) is 0 Å². The highest BCUT2D eigenvalue weighted by Gasteiger charge is 2.24. The summed E-state index contributed by atoms with van der Waals surface area (Å²) in [6.07, 6.45) is 3.00. The molecule has 0 bridgehead atoms. The highest BCUT2D eigenvalue weighted by Crippen LogP contribution is 2.29. The Morgan fingerprint density at radius 3 is 2.74 bits per heavy atom. The van der Waals surface area contributed by atoms with Gasteiger partial charge in [-0.1, -0.05) is 41.4 Å². The molecule has 1 aliphatic rings. The molecule has 2 aromatic rings. The van der Waals surface area contributed by atoms with Gasteiger partial charge in [-0.2, -0.15) is 5.10 Å². The fourth-order valence-electron chi connectivity index (χ4n) is 2.10. The Hall–Kier alpha value is -2.68. The second-order valence-electron chi connectivity index (χ2n) is 5.23. The molecule has 3 rings (SSSR count). The summed E-state index contributed by atoms with van der Waals surface area (Å²) in [5.41, 5.74) is 1.13. The van der Waals surface area contributed by atoms with Crippen molar-refractivity contribution in [3.63, 3.8) is 0 Å². The molecule has 1 N–H and O–H groups in total. The van der Waals surface area contributed by atoms with E-state index in [4.69, 9.17) is 23.2 Å². The third-order valence-electron chi connectivity index (χ3n) is 3.34. The van der Waals surface area contributed by atoms with E-state index in [0.717, 1.165) is 11.8 Å². The summed E-state index contributed by atoms with van der Waals surface area (Å²) >= 11 is 13.1. The van der Waals surface area contributed by atoms with Crippen molar-refractivity contribution in [1.29, 1.82) is 0 Å². The summed E-state index contributed by atoms with van der Waals surface area (Å²) in [6.45, 7) is 0. The molecule has 2 aromatic carbocycles. The lowest BCUT2D eigenvalue weighted by molar-refractivity contribution is -0.384. The van der Waals surface area contributed by atoms with E-state index in [1.165, 1.54) is 18.3 Å². The van der Waals surface area contributed by atoms with Crippen molar-refractivity contribution >= 4 is 64.0 Å². The lowest BCUT2D eigenvalue weighted by Crippen LogP contribution is -2.19. The zero-order valence-corrected chi connectivity index (χ0v) is 15.8. The number of non-ortho nitro benzene ring substituents is 1. The first-order valence-corrected chi connectivity index (χ1v) is 9.01. The predicted molar refractivity (Wildman–Crippen MR) is 108 cm³/mol. The van der Waals surface area contributed by atoms with Gasteiger partial charge >= 0.3 is 0 Å². The van der Waals surface area contributed by atoms with Crippen LogP contribution in [0.3, 0.4) is 0 Å². The largest absolute Gasteiger partial charge is 0.299 e. The summed E-state index contributed by atoms with van der Waals surface area (Å²) in [6, 6.07) is 10.9. The summed E-state index contributed by atoms with van der Waals surface area (Å²) in [5.74, 6) is -0.324. The lowest BCUT2D eigenvalue weighted by atomic mass is 10.2. The third-order valence-corrected chi connectivity index (χ3v) is 4.80. The monoisotopic (exact) mass is 420 g/mol. The minimum atomic E-state index is -0.491. The SMILES string of the molecule is O=C1N/C(=N\N=C\c2cccc([N+](=O)[O-])c2)S/C1=C\c1ccc(Cl)cc1Cl. The zero-order chi connectivity index (χ0) is 19.4. The molecule has 1 fully saturated rings. The Morgan fingerprint density at radius 1 is 1.19 bits per heavy atom. The van der Waals surface area contributed by atoms with Gasteiger partial charge in [-0.15, -0.1) is 5.10 Å². The van der Waals surface area contributed by atoms with Gasteiger partial charge < -0.3 is 0 Å². The molecular weight excluding hydrogens is 411 g/mol. The van der Waals surface area contributed by atoms with Gasteiger partial charge in [-0.3, -0.25) is 20.2 Å². The molecule has 10 heteroatoms. The Kier molecular flexibility index (Phi) is 5.90. The van der Waals surface area contributed by atoms with Gasteiger partial charge in [0.2, 0.25) is 0 Å². The highest BCUT2D eigenvalue weighted by atomic mass is 35.5. The predicted octanol–water partition coefficient (Wildman–Crippen LogP) is 4.50. The van der Waals surface area contributed by atoms with Crippen LogP contribution in [0.5, 0.6) is 0 Å². The topological polar surface area (TPSA) is 97.0 Å². The number of rotatable bonds is 4. The molecule has 0 atom stereocenters. The van der Waals surface area contributed by atoms with Crippen LogP contribution in [-0.4, -0.2) is 22.2 Å². The van der Waals surface area contributed by atoms with Crippen molar-refractivity contribution in [2.24, 2.45) is 10.2 Å². The summed E-state index contributed by atoms with van der Waals surface area (Å²) in [4.78, 5) is 22.7. The number of nitrogens with one attached hydrogen (secondary N) is 1. The van der Waals surface area contributed by atoms with Crippen molar-refractivity contribution < 1.29 is 9.72 Å². The smallest absolute Gasteiger partial charge is 0.270 e. The lowest BCUT2D eigenvalue weighted by Gasteiger charge is -1.99. The van der Waals surface area contributed by atoms with Gasteiger partial charge in [0.25, 0.3) is 11.6 Å². The van der Waals surface area contributed by atoms with Gasteiger partial charge in [-0.05, 0) is 35.5 Å². The van der Waals surface area contributed by atoms with Crippen molar-refractivity contribution in [2.45, 2.75) is 0 Å². The maximum Gasteiger partial charge on any atom is 0.270 e. The number of nitro benzene ring substituents is 1. The normalized spacial score (nSPS) is 17.0. The fraction of sp³-hybridized carbons (Fsp3) is 0. The van der Waals surface area contributed by atoms with Gasteiger partial charge in [0.1, 0.15) is 0 Å². The third kappa shape index (κ3) is 4.94.